The average molecular weight is 223 g/mol. The lowest BCUT2D eigenvalue weighted by molar-refractivity contribution is 0.0920. The maximum Gasteiger partial charge on any atom is 0.268 e. The second-order valence-corrected chi connectivity index (χ2v) is 4.42. The van der Waals surface area contributed by atoms with Crippen molar-refractivity contribution >= 4 is 11.6 Å². The molecular formula is C12H21N3O. The van der Waals surface area contributed by atoms with Crippen LogP contribution in [-0.4, -0.2) is 16.5 Å². The highest BCUT2D eigenvalue weighted by Gasteiger charge is 2.16. The number of rotatable bonds is 4. The third kappa shape index (κ3) is 2.78. The van der Waals surface area contributed by atoms with Gasteiger partial charge in [0.15, 0.2) is 0 Å². The van der Waals surface area contributed by atoms with Crippen LogP contribution in [0, 0.1) is 5.92 Å². The summed E-state index contributed by atoms with van der Waals surface area (Å²) < 4.78 is 1.74. The molecule has 16 heavy (non-hydrogen) atoms. The topological polar surface area (TPSA) is 60.1 Å². The van der Waals surface area contributed by atoms with Crippen LogP contribution in [-0.2, 0) is 7.05 Å². The number of nitrogen functional groups attached to an aromatic ring is 1. The van der Waals surface area contributed by atoms with Crippen molar-refractivity contribution in [2.24, 2.45) is 13.0 Å². The van der Waals surface area contributed by atoms with Crippen molar-refractivity contribution in [2.75, 3.05) is 5.73 Å². The van der Waals surface area contributed by atoms with E-state index in [0.717, 1.165) is 6.42 Å². The van der Waals surface area contributed by atoms with Crippen LogP contribution < -0.4 is 11.1 Å². The lowest BCUT2D eigenvalue weighted by Gasteiger charge is -2.19. The van der Waals surface area contributed by atoms with Gasteiger partial charge in [-0.1, -0.05) is 20.3 Å². The zero-order valence-corrected chi connectivity index (χ0v) is 10.4. The molecule has 0 aliphatic carbocycles. The Morgan fingerprint density at radius 3 is 2.62 bits per heavy atom. The molecule has 0 fully saturated rings. The molecule has 2 unspecified atom stereocenters. The average Bonchev–Trinajstić information content (AvgIpc) is 2.56. The molecule has 0 radical (unpaired) electrons. The molecule has 1 aromatic rings. The van der Waals surface area contributed by atoms with Gasteiger partial charge in [0, 0.05) is 19.3 Å². The van der Waals surface area contributed by atoms with Gasteiger partial charge in [-0.05, 0) is 18.9 Å². The van der Waals surface area contributed by atoms with Crippen LogP contribution in [0.4, 0.5) is 5.69 Å². The molecule has 0 spiro atoms. The van der Waals surface area contributed by atoms with Crippen LogP contribution >= 0.6 is 0 Å². The fourth-order valence-electron chi connectivity index (χ4n) is 1.59. The van der Waals surface area contributed by atoms with E-state index in [2.05, 4.69) is 19.2 Å². The van der Waals surface area contributed by atoms with E-state index in [9.17, 15) is 4.79 Å². The van der Waals surface area contributed by atoms with Crippen LogP contribution in [0.1, 0.15) is 37.7 Å². The SMILES string of the molecule is CCC(C)C(C)NC(=O)c1cc(N)cn1C. The third-order valence-corrected chi connectivity index (χ3v) is 3.12. The van der Waals surface area contributed by atoms with E-state index in [1.165, 1.54) is 0 Å². The molecule has 0 aromatic carbocycles. The van der Waals surface area contributed by atoms with Crippen LogP contribution in [0.3, 0.4) is 0 Å². The summed E-state index contributed by atoms with van der Waals surface area (Å²) in [7, 11) is 1.82. The summed E-state index contributed by atoms with van der Waals surface area (Å²) >= 11 is 0. The lowest BCUT2D eigenvalue weighted by atomic mass is 10.0. The minimum absolute atomic E-state index is 0.0630. The van der Waals surface area contributed by atoms with E-state index < -0.39 is 0 Å². The molecule has 2 atom stereocenters. The summed E-state index contributed by atoms with van der Waals surface area (Å²) in [6, 6.07) is 1.87. The van der Waals surface area contributed by atoms with Gasteiger partial charge >= 0.3 is 0 Å². The Hall–Kier alpha value is -1.45. The first kappa shape index (κ1) is 12.6. The van der Waals surface area contributed by atoms with Gasteiger partial charge in [0.1, 0.15) is 5.69 Å². The molecule has 1 heterocycles. The van der Waals surface area contributed by atoms with Crippen molar-refractivity contribution < 1.29 is 4.79 Å². The number of nitrogens with zero attached hydrogens (tertiary/aromatic N) is 1. The molecule has 1 aromatic heterocycles. The lowest BCUT2D eigenvalue weighted by Crippen LogP contribution is -2.37. The van der Waals surface area contributed by atoms with Crippen molar-refractivity contribution in [1.29, 1.82) is 0 Å². The predicted molar refractivity (Wildman–Crippen MR) is 66.2 cm³/mol. The second kappa shape index (κ2) is 5.05. The first-order valence-electron chi connectivity index (χ1n) is 5.68. The van der Waals surface area contributed by atoms with Gasteiger partial charge in [0.2, 0.25) is 0 Å². The number of nitrogens with two attached hydrogens (primary N) is 1. The Labute approximate surface area is 96.8 Å². The van der Waals surface area contributed by atoms with Crippen molar-refractivity contribution in [3.63, 3.8) is 0 Å². The molecule has 1 amide bonds. The van der Waals surface area contributed by atoms with E-state index in [0.29, 0.717) is 17.3 Å². The standard InChI is InChI=1S/C12H21N3O/c1-5-8(2)9(3)14-12(16)11-6-10(13)7-15(11)4/h6-9H,5,13H2,1-4H3,(H,14,16). The quantitative estimate of drug-likeness (QED) is 0.817. The van der Waals surface area contributed by atoms with Gasteiger partial charge < -0.3 is 15.6 Å². The summed E-state index contributed by atoms with van der Waals surface area (Å²) in [5.74, 6) is 0.411. The van der Waals surface area contributed by atoms with E-state index in [-0.39, 0.29) is 11.9 Å². The summed E-state index contributed by atoms with van der Waals surface area (Å²) in [5.41, 5.74) is 6.85. The maximum atomic E-state index is 11.9. The normalized spacial score (nSPS) is 14.5. The molecule has 4 nitrogen and oxygen atoms in total. The van der Waals surface area contributed by atoms with E-state index >= 15 is 0 Å². The van der Waals surface area contributed by atoms with Crippen molar-refractivity contribution in [1.82, 2.24) is 9.88 Å². The first-order valence-corrected chi connectivity index (χ1v) is 5.68. The Morgan fingerprint density at radius 1 is 1.56 bits per heavy atom. The highest BCUT2D eigenvalue weighted by Crippen LogP contribution is 2.11. The summed E-state index contributed by atoms with van der Waals surface area (Å²) in [6.45, 7) is 6.27. The fourth-order valence-corrected chi connectivity index (χ4v) is 1.59. The number of nitrogens with one attached hydrogen (secondary N) is 1. The number of amides is 1. The molecule has 90 valence electrons. The molecule has 3 N–H and O–H groups in total. The van der Waals surface area contributed by atoms with Gasteiger partial charge in [-0.25, -0.2) is 0 Å². The molecule has 4 heteroatoms. The van der Waals surface area contributed by atoms with Crippen molar-refractivity contribution in [3.05, 3.63) is 18.0 Å². The van der Waals surface area contributed by atoms with Crippen LogP contribution in [0.5, 0.6) is 0 Å². The number of carbonyl (C=O) groups excluding carboxylic acids is 1. The van der Waals surface area contributed by atoms with Crippen LogP contribution in [0.25, 0.3) is 0 Å². The molecule has 1 rings (SSSR count). The highest BCUT2D eigenvalue weighted by molar-refractivity contribution is 5.93. The predicted octanol–water partition coefficient (Wildman–Crippen LogP) is 1.77. The molecule has 0 bridgehead atoms. The Balaban J connectivity index is 2.69. The van der Waals surface area contributed by atoms with Crippen molar-refractivity contribution in [2.45, 2.75) is 33.2 Å². The van der Waals surface area contributed by atoms with E-state index in [1.54, 1.807) is 16.8 Å². The number of aromatic nitrogens is 1. The summed E-state index contributed by atoms with van der Waals surface area (Å²) in [4.78, 5) is 11.9. The van der Waals surface area contributed by atoms with Gasteiger partial charge in [0.25, 0.3) is 5.91 Å². The first-order chi connectivity index (χ1) is 7.45. The number of hydrogen-bond acceptors (Lipinski definition) is 2. The van der Waals surface area contributed by atoms with Gasteiger partial charge in [-0.3, -0.25) is 4.79 Å². The number of carbonyl (C=O) groups is 1. The minimum Gasteiger partial charge on any atom is -0.397 e. The Morgan fingerprint density at radius 2 is 2.19 bits per heavy atom. The third-order valence-electron chi connectivity index (χ3n) is 3.12. The minimum atomic E-state index is -0.0630. The van der Waals surface area contributed by atoms with Gasteiger partial charge in [-0.15, -0.1) is 0 Å². The molecule has 0 aliphatic heterocycles. The van der Waals surface area contributed by atoms with Gasteiger partial charge in [-0.2, -0.15) is 0 Å². The van der Waals surface area contributed by atoms with Gasteiger partial charge in [0.05, 0.1) is 5.69 Å². The monoisotopic (exact) mass is 223 g/mol. The molecular weight excluding hydrogens is 202 g/mol. The Bertz CT molecular complexity index is 370. The summed E-state index contributed by atoms with van der Waals surface area (Å²) in [5, 5.41) is 2.99. The Kier molecular flexibility index (Phi) is 3.99. The van der Waals surface area contributed by atoms with Crippen LogP contribution in [0.2, 0.25) is 0 Å². The largest absolute Gasteiger partial charge is 0.397 e. The molecule has 0 saturated carbocycles. The van der Waals surface area contributed by atoms with Crippen molar-refractivity contribution in [3.8, 4) is 0 Å². The van der Waals surface area contributed by atoms with E-state index in [4.69, 9.17) is 5.73 Å². The fraction of sp³-hybridized carbons (Fsp3) is 0.583. The molecule has 0 aliphatic rings. The second-order valence-electron chi connectivity index (χ2n) is 4.42. The number of hydrogen-bond donors (Lipinski definition) is 2. The van der Waals surface area contributed by atoms with Crippen LogP contribution in [0.15, 0.2) is 12.3 Å². The summed E-state index contributed by atoms with van der Waals surface area (Å²) in [6.07, 6.45) is 2.79. The number of aryl methyl sites for hydroxylation is 1. The number of anilines is 1. The zero-order chi connectivity index (χ0) is 12.3. The highest BCUT2D eigenvalue weighted by atomic mass is 16.2. The van der Waals surface area contributed by atoms with E-state index in [1.807, 2.05) is 14.0 Å². The maximum absolute atomic E-state index is 11.9. The smallest absolute Gasteiger partial charge is 0.268 e. The molecule has 0 saturated heterocycles. The zero-order valence-electron chi connectivity index (χ0n) is 10.4.